The van der Waals surface area contributed by atoms with Crippen LogP contribution in [-0.4, -0.2) is 24.1 Å². The van der Waals surface area contributed by atoms with Crippen LogP contribution in [0.5, 0.6) is 0 Å². The Morgan fingerprint density at radius 2 is 1.83 bits per heavy atom. The first-order chi connectivity index (χ1) is 10.9. The van der Waals surface area contributed by atoms with Gasteiger partial charge in [-0.3, -0.25) is 4.40 Å². The summed E-state index contributed by atoms with van der Waals surface area (Å²) in [5.74, 6) is 0. The highest BCUT2D eigenvalue weighted by Crippen LogP contribution is 2.31. The summed E-state index contributed by atoms with van der Waals surface area (Å²) >= 11 is 1.50. The van der Waals surface area contributed by atoms with Crippen molar-refractivity contribution in [1.82, 2.24) is 9.38 Å². The van der Waals surface area contributed by atoms with E-state index < -0.39 is 9.84 Å². The van der Waals surface area contributed by atoms with Gasteiger partial charge in [0.15, 0.2) is 14.8 Å². The fourth-order valence-corrected chi connectivity index (χ4v) is 4.34. The SMILES string of the molecule is Cc1ccc(-c2cn3c(n2)sc2cc(S(C)(=O)=O)ccc23)cc1. The van der Waals surface area contributed by atoms with Crippen molar-refractivity contribution in [3.63, 3.8) is 0 Å². The predicted octanol–water partition coefficient (Wildman–Crippen LogP) is 3.93. The average molecular weight is 342 g/mol. The summed E-state index contributed by atoms with van der Waals surface area (Å²) in [5.41, 5.74) is 4.19. The number of hydrogen-bond donors (Lipinski definition) is 0. The number of sulfone groups is 1. The highest BCUT2D eigenvalue weighted by atomic mass is 32.2. The van der Waals surface area contributed by atoms with E-state index in [0.29, 0.717) is 4.90 Å². The van der Waals surface area contributed by atoms with Crippen molar-refractivity contribution in [3.8, 4) is 11.3 Å². The van der Waals surface area contributed by atoms with Crippen LogP contribution in [0.1, 0.15) is 5.56 Å². The number of imidazole rings is 1. The third-order valence-electron chi connectivity index (χ3n) is 3.84. The molecule has 0 N–H and O–H groups in total. The normalized spacial score (nSPS) is 12.3. The van der Waals surface area contributed by atoms with Crippen LogP contribution in [0.4, 0.5) is 0 Å². The summed E-state index contributed by atoms with van der Waals surface area (Å²) in [6.07, 6.45) is 3.22. The Hall–Kier alpha value is -2.18. The minimum Gasteiger partial charge on any atom is -0.290 e. The zero-order valence-corrected chi connectivity index (χ0v) is 14.3. The van der Waals surface area contributed by atoms with Crippen molar-refractivity contribution in [2.24, 2.45) is 0 Å². The topological polar surface area (TPSA) is 51.4 Å². The Labute approximate surface area is 138 Å². The van der Waals surface area contributed by atoms with Crippen molar-refractivity contribution in [2.45, 2.75) is 11.8 Å². The van der Waals surface area contributed by atoms with Crippen LogP contribution in [0.25, 0.3) is 26.4 Å². The number of benzene rings is 2. The lowest BCUT2D eigenvalue weighted by Gasteiger charge is -1.98. The first kappa shape index (κ1) is 14.4. The molecule has 0 saturated carbocycles. The molecule has 0 aliphatic heterocycles. The number of aromatic nitrogens is 2. The van der Waals surface area contributed by atoms with Gasteiger partial charge >= 0.3 is 0 Å². The summed E-state index contributed by atoms with van der Waals surface area (Å²) in [5, 5.41) is 0. The lowest BCUT2D eigenvalue weighted by molar-refractivity contribution is 0.602. The second-order valence-corrected chi connectivity index (χ2v) is 8.67. The van der Waals surface area contributed by atoms with Gasteiger partial charge in [-0.15, -0.1) is 0 Å². The first-order valence-corrected chi connectivity index (χ1v) is 9.81. The van der Waals surface area contributed by atoms with Crippen molar-refractivity contribution in [2.75, 3.05) is 6.26 Å². The van der Waals surface area contributed by atoms with Gasteiger partial charge in [0, 0.05) is 18.0 Å². The molecule has 6 heteroatoms. The lowest BCUT2D eigenvalue weighted by Crippen LogP contribution is -1.96. The number of thiazole rings is 1. The third-order valence-corrected chi connectivity index (χ3v) is 5.97. The molecule has 2 aromatic heterocycles. The molecular weight excluding hydrogens is 328 g/mol. The molecule has 2 aromatic carbocycles. The Kier molecular flexibility index (Phi) is 3.08. The van der Waals surface area contributed by atoms with Crippen LogP contribution in [0.15, 0.2) is 53.6 Å². The van der Waals surface area contributed by atoms with E-state index in [4.69, 9.17) is 0 Å². The summed E-state index contributed by atoms with van der Waals surface area (Å²) in [4.78, 5) is 5.88. The maximum absolute atomic E-state index is 11.7. The maximum atomic E-state index is 11.7. The maximum Gasteiger partial charge on any atom is 0.195 e. The Morgan fingerprint density at radius 1 is 1.09 bits per heavy atom. The van der Waals surface area contributed by atoms with Crippen molar-refractivity contribution < 1.29 is 8.42 Å². The number of fused-ring (bicyclic) bond motifs is 3. The van der Waals surface area contributed by atoms with Gasteiger partial charge in [-0.05, 0) is 25.1 Å². The Morgan fingerprint density at radius 3 is 2.52 bits per heavy atom. The lowest BCUT2D eigenvalue weighted by atomic mass is 10.1. The second kappa shape index (κ2) is 4.91. The molecule has 0 aliphatic carbocycles. The number of nitrogens with zero attached hydrogens (tertiary/aromatic N) is 2. The van der Waals surface area contributed by atoms with Gasteiger partial charge in [-0.25, -0.2) is 13.4 Å². The third kappa shape index (κ3) is 2.44. The van der Waals surface area contributed by atoms with Gasteiger partial charge in [-0.1, -0.05) is 41.2 Å². The van der Waals surface area contributed by atoms with Crippen molar-refractivity contribution in [1.29, 1.82) is 0 Å². The van der Waals surface area contributed by atoms with Gasteiger partial charge in [-0.2, -0.15) is 0 Å². The standard InChI is InChI=1S/C17H14N2O2S2/c1-11-3-5-12(6-4-11)14-10-19-15-8-7-13(23(2,20)21)9-16(15)22-17(19)18-14/h3-10H,1-2H3. The molecule has 116 valence electrons. The van der Waals surface area contributed by atoms with E-state index in [1.165, 1.54) is 23.2 Å². The molecular formula is C17H14N2O2S2. The molecule has 4 rings (SSSR count). The first-order valence-electron chi connectivity index (χ1n) is 7.10. The predicted molar refractivity (Wildman–Crippen MR) is 93.9 cm³/mol. The van der Waals surface area contributed by atoms with Crippen molar-refractivity contribution in [3.05, 3.63) is 54.2 Å². The summed E-state index contributed by atoms with van der Waals surface area (Å²) < 4.78 is 26.3. The molecule has 0 amide bonds. The molecule has 0 spiro atoms. The van der Waals surface area contributed by atoms with E-state index in [0.717, 1.165) is 26.4 Å². The molecule has 0 bridgehead atoms. The Bertz CT molecular complexity index is 1140. The van der Waals surface area contributed by atoms with E-state index in [-0.39, 0.29) is 0 Å². The number of rotatable bonds is 2. The monoisotopic (exact) mass is 342 g/mol. The van der Waals surface area contributed by atoms with Gasteiger partial charge in [0.25, 0.3) is 0 Å². The fourth-order valence-electron chi connectivity index (χ4n) is 2.58. The molecule has 4 aromatic rings. The van der Waals surface area contributed by atoms with Gasteiger partial charge in [0.2, 0.25) is 0 Å². The minimum absolute atomic E-state index is 0.341. The van der Waals surface area contributed by atoms with E-state index >= 15 is 0 Å². The van der Waals surface area contributed by atoms with Crippen LogP contribution in [-0.2, 0) is 9.84 Å². The van der Waals surface area contributed by atoms with E-state index in [1.807, 2.05) is 16.7 Å². The minimum atomic E-state index is -3.19. The zero-order valence-electron chi connectivity index (χ0n) is 12.6. The van der Waals surface area contributed by atoms with E-state index in [2.05, 4.69) is 36.2 Å². The molecule has 0 aliphatic rings. The van der Waals surface area contributed by atoms with Crippen LogP contribution in [0.3, 0.4) is 0 Å². The highest BCUT2D eigenvalue weighted by molar-refractivity contribution is 7.90. The highest BCUT2D eigenvalue weighted by Gasteiger charge is 2.13. The smallest absolute Gasteiger partial charge is 0.195 e. The molecule has 0 saturated heterocycles. The largest absolute Gasteiger partial charge is 0.290 e. The molecule has 2 heterocycles. The number of hydrogen-bond acceptors (Lipinski definition) is 4. The average Bonchev–Trinajstić information content (AvgIpc) is 3.04. The van der Waals surface area contributed by atoms with E-state index in [9.17, 15) is 8.42 Å². The molecule has 0 radical (unpaired) electrons. The molecule has 0 fully saturated rings. The summed E-state index contributed by atoms with van der Waals surface area (Å²) in [7, 11) is -3.19. The zero-order chi connectivity index (χ0) is 16.2. The van der Waals surface area contributed by atoms with Crippen LogP contribution in [0, 0.1) is 6.92 Å². The van der Waals surface area contributed by atoms with Crippen molar-refractivity contribution >= 4 is 36.4 Å². The van der Waals surface area contributed by atoms with Gasteiger partial charge < -0.3 is 0 Å². The second-order valence-electron chi connectivity index (χ2n) is 5.65. The van der Waals surface area contributed by atoms with Crippen LogP contribution < -0.4 is 0 Å². The molecule has 23 heavy (non-hydrogen) atoms. The van der Waals surface area contributed by atoms with Gasteiger partial charge in [0.1, 0.15) is 0 Å². The van der Waals surface area contributed by atoms with Crippen LogP contribution in [0.2, 0.25) is 0 Å². The quantitative estimate of drug-likeness (QED) is 0.555. The number of aryl methyl sites for hydroxylation is 1. The molecule has 0 atom stereocenters. The van der Waals surface area contributed by atoms with E-state index in [1.54, 1.807) is 12.1 Å². The Balaban J connectivity index is 1.89. The fraction of sp³-hybridized carbons (Fsp3) is 0.118. The molecule has 0 unspecified atom stereocenters. The summed E-state index contributed by atoms with van der Waals surface area (Å²) in [6.45, 7) is 2.06. The van der Waals surface area contributed by atoms with Gasteiger partial charge in [0.05, 0.1) is 20.8 Å². The summed E-state index contributed by atoms with van der Waals surface area (Å²) in [6, 6.07) is 13.5. The van der Waals surface area contributed by atoms with Crippen LogP contribution >= 0.6 is 11.3 Å². The molecule has 4 nitrogen and oxygen atoms in total.